The first-order chi connectivity index (χ1) is 20.7. The third-order valence-corrected chi connectivity index (χ3v) is 8.43. The summed E-state index contributed by atoms with van der Waals surface area (Å²) in [6.45, 7) is 6.32. The second-order valence-corrected chi connectivity index (χ2v) is 11.9. The molecule has 1 aromatic heterocycles. The van der Waals surface area contributed by atoms with E-state index >= 15 is 8.78 Å². The number of amidine groups is 1. The van der Waals surface area contributed by atoms with Gasteiger partial charge in [0.15, 0.2) is 12.2 Å². The monoisotopic (exact) mass is 617 g/mol. The molecule has 2 aromatic rings. The Morgan fingerprint density at radius 1 is 1.27 bits per heavy atom. The number of amides is 1. The summed E-state index contributed by atoms with van der Waals surface area (Å²) in [6.07, 6.45) is 1.21. The minimum atomic E-state index is -3.42. The number of benzene rings is 1. The predicted molar refractivity (Wildman–Crippen MR) is 150 cm³/mol. The Morgan fingerprint density at radius 3 is 2.64 bits per heavy atom. The van der Waals surface area contributed by atoms with Gasteiger partial charge in [-0.05, 0) is 51.8 Å². The van der Waals surface area contributed by atoms with E-state index in [1.54, 1.807) is 26.8 Å². The van der Waals surface area contributed by atoms with E-state index in [4.69, 9.17) is 14.1 Å². The van der Waals surface area contributed by atoms with E-state index in [-0.39, 0.29) is 48.9 Å². The van der Waals surface area contributed by atoms with Gasteiger partial charge in [-0.2, -0.15) is 0 Å². The van der Waals surface area contributed by atoms with Gasteiger partial charge in [-0.1, -0.05) is 12.1 Å². The van der Waals surface area contributed by atoms with Gasteiger partial charge in [0.05, 0.1) is 24.1 Å². The van der Waals surface area contributed by atoms with Gasteiger partial charge in [0, 0.05) is 31.4 Å². The number of aromatic nitrogens is 1. The zero-order valence-corrected chi connectivity index (χ0v) is 25.0. The summed E-state index contributed by atoms with van der Waals surface area (Å²) in [7, 11) is 0. The summed E-state index contributed by atoms with van der Waals surface area (Å²) < 4.78 is 56.4. The van der Waals surface area contributed by atoms with Crippen LogP contribution in [-0.2, 0) is 19.1 Å². The number of oxazole rings is 1. The first kappa shape index (κ1) is 31.2. The number of aryl methyl sites for hydroxylation is 1. The maximum atomic E-state index is 15.5. The minimum Gasteiger partial charge on any atom is -0.481 e. The van der Waals surface area contributed by atoms with Crippen molar-refractivity contribution in [3.05, 3.63) is 64.3 Å². The SMILES string of the molecule is CCOC(=O)C1=C(CN2CC(F)(F)[C@@H]3C(=O)N(CC(C)(C)C(=O)O)C[C@@H]32)NC(c2ncoc2C)=N[C@H]1c1cccc(F)c1C. The van der Waals surface area contributed by atoms with Crippen LogP contribution in [0.25, 0.3) is 0 Å². The van der Waals surface area contributed by atoms with E-state index in [1.165, 1.54) is 42.2 Å². The second-order valence-electron chi connectivity index (χ2n) is 11.9. The lowest BCUT2D eigenvalue weighted by Crippen LogP contribution is -2.45. The van der Waals surface area contributed by atoms with E-state index in [0.717, 1.165) is 0 Å². The Hall–Kier alpha value is -4.20. The quantitative estimate of drug-likeness (QED) is 0.407. The summed E-state index contributed by atoms with van der Waals surface area (Å²) in [5.74, 6) is -7.78. The predicted octanol–water partition coefficient (Wildman–Crippen LogP) is 3.23. The molecule has 14 heteroatoms. The van der Waals surface area contributed by atoms with Crippen LogP contribution in [0.15, 0.2) is 45.3 Å². The fourth-order valence-corrected chi connectivity index (χ4v) is 6.09. The van der Waals surface area contributed by atoms with Crippen molar-refractivity contribution in [3.63, 3.8) is 0 Å². The zero-order valence-electron chi connectivity index (χ0n) is 25.0. The molecule has 3 aliphatic rings. The number of hydrogen-bond donors (Lipinski definition) is 2. The molecule has 0 radical (unpaired) electrons. The van der Waals surface area contributed by atoms with Crippen molar-refractivity contribution in [1.82, 2.24) is 20.1 Å². The Balaban J connectivity index is 1.58. The molecule has 3 atom stereocenters. The molecule has 0 saturated carbocycles. The van der Waals surface area contributed by atoms with Crippen LogP contribution < -0.4 is 5.32 Å². The summed E-state index contributed by atoms with van der Waals surface area (Å²) in [5, 5.41) is 12.6. The van der Waals surface area contributed by atoms with Crippen molar-refractivity contribution in [2.45, 2.75) is 52.6 Å². The Labute approximate surface area is 251 Å². The molecule has 2 N–H and O–H groups in total. The number of nitrogens with zero attached hydrogens (tertiary/aromatic N) is 4. The van der Waals surface area contributed by atoms with E-state index in [9.17, 15) is 23.9 Å². The molecule has 236 valence electrons. The van der Waals surface area contributed by atoms with Crippen LogP contribution in [0.3, 0.4) is 0 Å². The van der Waals surface area contributed by atoms with E-state index in [0.29, 0.717) is 17.0 Å². The minimum absolute atomic E-state index is 0.00500. The Bertz CT molecular complexity index is 1570. The number of ether oxygens (including phenoxy) is 1. The standard InChI is InChI=1S/C30H34F3N5O6/c1-6-43-27(40)21-19(10-37-13-30(32,33)22-20(37)11-38(26(22)39)12-29(4,5)28(41)42)35-25(23-16(3)44-14-34-23)36-24(21)17-8-7-9-18(31)15(17)2/h7-9,14,20,22,24H,6,10-13H2,1-5H3,(H,35,36)(H,41,42)/t20-,22-,24-/m0/s1. The van der Waals surface area contributed by atoms with Gasteiger partial charge in [0.2, 0.25) is 5.91 Å². The molecular formula is C30H34F3N5O6. The number of nitrogens with one attached hydrogen (secondary N) is 1. The molecule has 5 rings (SSSR count). The Kier molecular flexibility index (Phi) is 8.08. The van der Waals surface area contributed by atoms with E-state index in [1.807, 2.05) is 0 Å². The number of aliphatic carboxylic acids is 1. The lowest BCUT2D eigenvalue weighted by molar-refractivity contribution is -0.150. The molecule has 0 bridgehead atoms. The van der Waals surface area contributed by atoms with Crippen LogP contribution in [0.4, 0.5) is 13.2 Å². The number of hydrogen-bond acceptors (Lipinski definition) is 9. The average Bonchev–Trinajstić information content (AvgIpc) is 3.59. The summed E-state index contributed by atoms with van der Waals surface area (Å²) in [4.78, 5) is 49.9. The fraction of sp³-hybridized carbons (Fsp3) is 0.500. The third kappa shape index (κ3) is 5.46. The molecule has 1 aromatic carbocycles. The number of halogens is 3. The molecule has 1 amide bonds. The molecular weight excluding hydrogens is 583 g/mol. The van der Waals surface area contributed by atoms with Crippen molar-refractivity contribution < 1.29 is 41.8 Å². The van der Waals surface area contributed by atoms with Gasteiger partial charge in [-0.15, -0.1) is 0 Å². The number of carboxylic acids is 1. The highest BCUT2D eigenvalue weighted by Gasteiger charge is 2.63. The molecule has 0 unspecified atom stereocenters. The van der Waals surface area contributed by atoms with Gasteiger partial charge < -0.3 is 24.5 Å². The first-order valence-electron chi connectivity index (χ1n) is 14.2. The van der Waals surface area contributed by atoms with Crippen molar-refractivity contribution >= 4 is 23.7 Å². The fourth-order valence-electron chi connectivity index (χ4n) is 6.09. The highest BCUT2D eigenvalue weighted by Crippen LogP contribution is 2.45. The first-order valence-corrected chi connectivity index (χ1v) is 14.2. The molecule has 0 aliphatic carbocycles. The maximum absolute atomic E-state index is 15.5. The number of aliphatic imine (C=N–C) groups is 1. The molecule has 2 saturated heterocycles. The lowest BCUT2D eigenvalue weighted by Gasteiger charge is -2.32. The molecule has 11 nitrogen and oxygen atoms in total. The van der Waals surface area contributed by atoms with Crippen LogP contribution in [0.1, 0.15) is 49.4 Å². The third-order valence-electron chi connectivity index (χ3n) is 8.43. The van der Waals surface area contributed by atoms with Crippen molar-refractivity contribution in [1.29, 1.82) is 0 Å². The van der Waals surface area contributed by atoms with Crippen LogP contribution in [0.2, 0.25) is 0 Å². The van der Waals surface area contributed by atoms with Gasteiger partial charge in [0.1, 0.15) is 29.2 Å². The van der Waals surface area contributed by atoms with Gasteiger partial charge in [-0.3, -0.25) is 19.5 Å². The van der Waals surface area contributed by atoms with Crippen molar-refractivity contribution in [2.75, 3.05) is 32.8 Å². The van der Waals surface area contributed by atoms with Gasteiger partial charge in [-0.25, -0.2) is 22.9 Å². The summed E-state index contributed by atoms with van der Waals surface area (Å²) >= 11 is 0. The number of esters is 1. The van der Waals surface area contributed by atoms with Crippen molar-refractivity contribution in [3.8, 4) is 0 Å². The number of carbonyl (C=O) groups excluding carboxylic acids is 2. The van der Waals surface area contributed by atoms with Crippen molar-refractivity contribution in [2.24, 2.45) is 16.3 Å². The van der Waals surface area contributed by atoms with Crippen LogP contribution in [0, 0.1) is 31.0 Å². The molecule has 4 heterocycles. The number of carbonyl (C=O) groups is 3. The number of alkyl halides is 2. The zero-order chi connectivity index (χ0) is 32.1. The summed E-state index contributed by atoms with van der Waals surface area (Å²) in [6, 6.07) is 2.35. The molecule has 2 fully saturated rings. The Morgan fingerprint density at radius 2 is 2.00 bits per heavy atom. The van der Waals surface area contributed by atoms with E-state index < -0.39 is 59.5 Å². The van der Waals surface area contributed by atoms with Gasteiger partial charge in [0.25, 0.3) is 5.92 Å². The largest absolute Gasteiger partial charge is 0.481 e. The molecule has 44 heavy (non-hydrogen) atoms. The summed E-state index contributed by atoms with van der Waals surface area (Å²) in [5.41, 5.74) is -0.245. The topological polar surface area (TPSA) is 138 Å². The number of rotatable bonds is 9. The van der Waals surface area contributed by atoms with Crippen LogP contribution >= 0.6 is 0 Å². The second kappa shape index (κ2) is 11.4. The molecule has 0 spiro atoms. The van der Waals surface area contributed by atoms with E-state index in [2.05, 4.69) is 10.3 Å². The van der Waals surface area contributed by atoms with Crippen LogP contribution in [0.5, 0.6) is 0 Å². The molecule has 3 aliphatic heterocycles. The lowest BCUT2D eigenvalue weighted by atomic mass is 9.91. The maximum Gasteiger partial charge on any atom is 0.338 e. The highest BCUT2D eigenvalue weighted by molar-refractivity contribution is 6.03. The van der Waals surface area contributed by atoms with Gasteiger partial charge >= 0.3 is 11.9 Å². The average molecular weight is 618 g/mol. The number of fused-ring (bicyclic) bond motifs is 1. The smallest absolute Gasteiger partial charge is 0.338 e. The van der Waals surface area contributed by atoms with Crippen LogP contribution in [-0.4, -0.2) is 88.3 Å². The normalized spacial score (nSPS) is 23.5. The number of likely N-dealkylation sites (tertiary alicyclic amines) is 2. The highest BCUT2D eigenvalue weighted by atomic mass is 19.3. The number of carboxylic acid groups (broad SMARTS) is 1.